The second kappa shape index (κ2) is 4.55. The molecule has 0 aliphatic heterocycles. The number of hydrogen-bond acceptors (Lipinski definition) is 2. The maximum atomic E-state index is 9.43. The van der Waals surface area contributed by atoms with Gasteiger partial charge in [0.05, 0.1) is 0 Å². The minimum absolute atomic E-state index is 0.279. The van der Waals surface area contributed by atoms with Gasteiger partial charge in [0, 0.05) is 11.3 Å². The maximum absolute atomic E-state index is 9.43. The quantitative estimate of drug-likeness (QED) is 0.551. The van der Waals surface area contributed by atoms with Gasteiger partial charge in [0.1, 0.15) is 5.75 Å². The van der Waals surface area contributed by atoms with E-state index in [1.807, 2.05) is 12.2 Å². The van der Waals surface area contributed by atoms with E-state index in [9.17, 15) is 5.11 Å². The van der Waals surface area contributed by atoms with E-state index in [-0.39, 0.29) is 5.75 Å². The Balaban J connectivity index is 2.81. The number of hydrogen-bond donors (Lipinski definition) is 2. The van der Waals surface area contributed by atoms with Crippen LogP contribution in [0.3, 0.4) is 0 Å². The van der Waals surface area contributed by atoms with Crippen molar-refractivity contribution in [3.05, 3.63) is 29.8 Å². The van der Waals surface area contributed by atoms with Gasteiger partial charge in [-0.05, 0) is 24.6 Å². The predicted molar refractivity (Wildman–Crippen MR) is 56.5 cm³/mol. The lowest BCUT2D eigenvalue weighted by molar-refractivity contribution is 0.474. The molecule has 0 saturated heterocycles. The van der Waals surface area contributed by atoms with E-state index in [0.717, 1.165) is 18.4 Å². The van der Waals surface area contributed by atoms with Crippen molar-refractivity contribution in [3.63, 3.8) is 0 Å². The predicted octanol–water partition coefficient (Wildman–Crippen LogP) is 2.79. The van der Waals surface area contributed by atoms with Gasteiger partial charge < -0.3 is 10.8 Å². The summed E-state index contributed by atoms with van der Waals surface area (Å²) in [6.45, 7) is 2.11. The third-order valence-electron chi connectivity index (χ3n) is 1.80. The first-order chi connectivity index (χ1) is 6.24. The number of phenolic OH excluding ortho intramolecular Hbond substituents is 1. The van der Waals surface area contributed by atoms with Crippen LogP contribution in [0.15, 0.2) is 24.3 Å². The van der Waals surface area contributed by atoms with Crippen LogP contribution in [0.25, 0.3) is 6.08 Å². The van der Waals surface area contributed by atoms with Gasteiger partial charge in [-0.2, -0.15) is 0 Å². The molecule has 0 fully saturated rings. The average Bonchev–Trinajstić information content (AvgIpc) is 2.11. The summed E-state index contributed by atoms with van der Waals surface area (Å²) < 4.78 is 0. The topological polar surface area (TPSA) is 46.2 Å². The minimum Gasteiger partial charge on any atom is -0.507 e. The molecule has 70 valence electrons. The highest BCUT2D eigenvalue weighted by atomic mass is 16.3. The number of phenols is 1. The maximum Gasteiger partial charge on any atom is 0.122 e. The first-order valence-electron chi connectivity index (χ1n) is 4.49. The molecule has 1 aromatic carbocycles. The Kier molecular flexibility index (Phi) is 3.38. The molecule has 0 heterocycles. The van der Waals surface area contributed by atoms with E-state index >= 15 is 0 Å². The fourth-order valence-electron chi connectivity index (χ4n) is 1.08. The summed E-state index contributed by atoms with van der Waals surface area (Å²) in [5, 5.41) is 9.43. The Hall–Kier alpha value is -1.44. The molecule has 0 spiro atoms. The first-order valence-corrected chi connectivity index (χ1v) is 4.49. The molecular formula is C11H15NO. The Morgan fingerprint density at radius 2 is 2.23 bits per heavy atom. The van der Waals surface area contributed by atoms with E-state index in [0.29, 0.717) is 5.69 Å². The van der Waals surface area contributed by atoms with Gasteiger partial charge in [-0.1, -0.05) is 25.5 Å². The van der Waals surface area contributed by atoms with Crippen LogP contribution in [-0.2, 0) is 0 Å². The lowest BCUT2D eigenvalue weighted by atomic mass is 10.1. The Morgan fingerprint density at radius 1 is 1.46 bits per heavy atom. The Labute approximate surface area is 78.7 Å². The normalized spacial score (nSPS) is 10.8. The van der Waals surface area contributed by atoms with Crippen LogP contribution in [0, 0.1) is 0 Å². The third-order valence-corrected chi connectivity index (χ3v) is 1.80. The number of aromatic hydroxyl groups is 1. The zero-order chi connectivity index (χ0) is 9.68. The minimum atomic E-state index is 0.279. The van der Waals surface area contributed by atoms with Crippen molar-refractivity contribution in [1.29, 1.82) is 0 Å². The standard InChI is InChI=1S/C11H15NO/c1-2-3-4-5-9-8-10(12)6-7-11(9)13/h4-8,13H,2-3,12H2,1H3/b5-4+. The van der Waals surface area contributed by atoms with Crippen LogP contribution >= 0.6 is 0 Å². The molecule has 1 rings (SSSR count). The van der Waals surface area contributed by atoms with Crippen LogP contribution < -0.4 is 5.73 Å². The molecule has 0 amide bonds. The van der Waals surface area contributed by atoms with Crippen molar-refractivity contribution in [3.8, 4) is 5.75 Å². The van der Waals surface area contributed by atoms with Crippen molar-refractivity contribution < 1.29 is 5.11 Å². The average molecular weight is 177 g/mol. The number of anilines is 1. The molecule has 0 aliphatic rings. The lowest BCUT2D eigenvalue weighted by Crippen LogP contribution is -1.84. The van der Waals surface area contributed by atoms with E-state index < -0.39 is 0 Å². The number of nitrogens with two attached hydrogens (primary N) is 1. The summed E-state index contributed by atoms with van der Waals surface area (Å²) in [5.41, 5.74) is 7.05. The van der Waals surface area contributed by atoms with E-state index in [1.165, 1.54) is 0 Å². The molecule has 0 radical (unpaired) electrons. The highest BCUT2D eigenvalue weighted by Gasteiger charge is 1.96. The molecular weight excluding hydrogens is 162 g/mol. The molecule has 2 heteroatoms. The zero-order valence-electron chi connectivity index (χ0n) is 7.83. The van der Waals surface area contributed by atoms with Crippen LogP contribution in [0.1, 0.15) is 25.3 Å². The summed E-state index contributed by atoms with van der Waals surface area (Å²) in [6.07, 6.45) is 6.07. The molecule has 0 unspecified atom stereocenters. The molecule has 0 aromatic heterocycles. The molecule has 13 heavy (non-hydrogen) atoms. The second-order valence-corrected chi connectivity index (χ2v) is 3.01. The van der Waals surface area contributed by atoms with Gasteiger partial charge in [0.2, 0.25) is 0 Å². The third kappa shape index (κ3) is 2.82. The Bertz CT molecular complexity index is 305. The molecule has 0 saturated carbocycles. The van der Waals surface area contributed by atoms with Crippen LogP contribution in [-0.4, -0.2) is 5.11 Å². The van der Waals surface area contributed by atoms with Crippen molar-refractivity contribution in [1.82, 2.24) is 0 Å². The van der Waals surface area contributed by atoms with Gasteiger partial charge in [-0.3, -0.25) is 0 Å². The van der Waals surface area contributed by atoms with Crippen molar-refractivity contribution in [2.45, 2.75) is 19.8 Å². The summed E-state index contributed by atoms with van der Waals surface area (Å²) in [5.74, 6) is 0.279. The summed E-state index contributed by atoms with van der Waals surface area (Å²) in [7, 11) is 0. The van der Waals surface area contributed by atoms with Gasteiger partial charge >= 0.3 is 0 Å². The summed E-state index contributed by atoms with van der Waals surface area (Å²) in [4.78, 5) is 0. The van der Waals surface area contributed by atoms with E-state index in [2.05, 4.69) is 6.92 Å². The fraction of sp³-hybridized carbons (Fsp3) is 0.273. The van der Waals surface area contributed by atoms with Gasteiger partial charge in [-0.15, -0.1) is 0 Å². The number of allylic oxidation sites excluding steroid dienone is 1. The number of rotatable bonds is 3. The summed E-state index contributed by atoms with van der Waals surface area (Å²) in [6, 6.07) is 5.06. The molecule has 1 aromatic rings. The molecule has 2 nitrogen and oxygen atoms in total. The number of nitrogen functional groups attached to an aromatic ring is 1. The fourth-order valence-corrected chi connectivity index (χ4v) is 1.08. The van der Waals surface area contributed by atoms with Crippen molar-refractivity contribution >= 4 is 11.8 Å². The van der Waals surface area contributed by atoms with Gasteiger partial charge in [0.15, 0.2) is 0 Å². The second-order valence-electron chi connectivity index (χ2n) is 3.01. The zero-order valence-corrected chi connectivity index (χ0v) is 7.83. The smallest absolute Gasteiger partial charge is 0.122 e. The first kappa shape index (κ1) is 9.65. The molecule has 0 atom stereocenters. The van der Waals surface area contributed by atoms with Crippen molar-refractivity contribution in [2.24, 2.45) is 0 Å². The van der Waals surface area contributed by atoms with Crippen LogP contribution in [0.2, 0.25) is 0 Å². The highest BCUT2D eigenvalue weighted by Crippen LogP contribution is 2.21. The van der Waals surface area contributed by atoms with Gasteiger partial charge in [0.25, 0.3) is 0 Å². The van der Waals surface area contributed by atoms with Gasteiger partial charge in [-0.25, -0.2) is 0 Å². The highest BCUT2D eigenvalue weighted by molar-refractivity contribution is 5.61. The molecule has 3 N–H and O–H groups in total. The lowest BCUT2D eigenvalue weighted by Gasteiger charge is -1.99. The summed E-state index contributed by atoms with van der Waals surface area (Å²) >= 11 is 0. The largest absolute Gasteiger partial charge is 0.507 e. The SMILES string of the molecule is CCC/C=C/c1cc(N)ccc1O. The molecule has 0 bridgehead atoms. The van der Waals surface area contributed by atoms with Crippen molar-refractivity contribution in [2.75, 3.05) is 5.73 Å². The molecule has 0 aliphatic carbocycles. The van der Waals surface area contributed by atoms with Crippen LogP contribution in [0.4, 0.5) is 5.69 Å². The number of benzene rings is 1. The number of unbranched alkanes of at least 4 members (excludes halogenated alkanes) is 1. The van der Waals surface area contributed by atoms with E-state index in [1.54, 1.807) is 18.2 Å². The van der Waals surface area contributed by atoms with Crippen LogP contribution in [0.5, 0.6) is 5.75 Å². The monoisotopic (exact) mass is 177 g/mol. The Morgan fingerprint density at radius 3 is 2.92 bits per heavy atom. The van der Waals surface area contributed by atoms with E-state index in [4.69, 9.17) is 5.73 Å².